The topological polar surface area (TPSA) is 89.1 Å². The zero-order valence-corrected chi connectivity index (χ0v) is 16.9. The fourth-order valence-corrected chi connectivity index (χ4v) is 3.85. The number of hydrogen-bond acceptors (Lipinski definition) is 6. The third-order valence-corrected chi connectivity index (χ3v) is 5.47. The van der Waals surface area contributed by atoms with Crippen molar-refractivity contribution in [3.05, 3.63) is 66.0 Å². The maximum absolute atomic E-state index is 14.7. The fourth-order valence-electron chi connectivity index (χ4n) is 3.85. The molecule has 1 amide bonds. The molecule has 12 heteroatoms. The van der Waals surface area contributed by atoms with Crippen molar-refractivity contribution in [2.75, 3.05) is 18.4 Å². The molecule has 1 N–H and O–H groups in total. The third kappa shape index (κ3) is 3.66. The number of benzene rings is 2. The molecular weight excluding hydrogens is 444 g/mol. The molecule has 1 atom stereocenters. The quantitative estimate of drug-likeness (QED) is 0.458. The molecule has 1 aliphatic heterocycles. The lowest BCUT2D eigenvalue weighted by atomic mass is 10.1. The maximum atomic E-state index is 14.7. The molecule has 8 nitrogen and oxygen atoms in total. The highest BCUT2D eigenvalue weighted by molar-refractivity contribution is 5.98. The summed E-state index contributed by atoms with van der Waals surface area (Å²) in [4.78, 5) is 19.2. The zero-order valence-electron chi connectivity index (χ0n) is 16.9. The van der Waals surface area contributed by atoms with Crippen molar-refractivity contribution in [3.63, 3.8) is 0 Å². The first-order valence-electron chi connectivity index (χ1n) is 9.98. The lowest BCUT2D eigenvalue weighted by molar-refractivity contribution is -0.0250. The number of nitrogens with one attached hydrogen (secondary N) is 1. The Morgan fingerprint density at radius 1 is 1.15 bits per heavy atom. The first kappa shape index (κ1) is 20.9. The standard InChI is InChI=1S/C21H16F4N6O2/c22-12-5-6-14(31-27-8-9-28-31)17(18(12)23)19(32)30-10-7-21(24,25)16(30)11-26-20-29-13-3-1-2-4-15(13)33-20/h1-6,8-9,16H,7,10-11H2,(H,26,29)/t16-/m1/s1. The zero-order chi connectivity index (χ0) is 23.2. The Hall–Kier alpha value is -3.96. The number of alkyl halides is 2. The molecule has 0 unspecified atom stereocenters. The Labute approximate surface area is 183 Å². The molecule has 3 heterocycles. The van der Waals surface area contributed by atoms with Gasteiger partial charge in [-0.3, -0.25) is 4.79 Å². The number of nitrogens with zero attached hydrogens (tertiary/aromatic N) is 5. The first-order chi connectivity index (χ1) is 15.8. The number of halogens is 4. The summed E-state index contributed by atoms with van der Waals surface area (Å²) in [6.45, 7) is -0.772. The molecule has 5 rings (SSSR count). The van der Waals surface area contributed by atoms with Crippen LogP contribution in [-0.2, 0) is 0 Å². The van der Waals surface area contributed by atoms with E-state index in [1.165, 1.54) is 12.4 Å². The molecule has 1 aliphatic rings. The Kier molecular flexibility index (Phi) is 4.99. The van der Waals surface area contributed by atoms with Gasteiger partial charge in [-0.1, -0.05) is 12.1 Å². The Morgan fingerprint density at radius 2 is 1.91 bits per heavy atom. The van der Waals surface area contributed by atoms with E-state index >= 15 is 0 Å². The van der Waals surface area contributed by atoms with E-state index in [4.69, 9.17) is 4.42 Å². The molecule has 4 aromatic rings. The maximum Gasteiger partial charge on any atom is 0.295 e. The average molecular weight is 460 g/mol. The molecule has 1 saturated heterocycles. The fraction of sp³-hybridized carbons (Fsp3) is 0.238. The van der Waals surface area contributed by atoms with Crippen molar-refractivity contribution < 1.29 is 26.8 Å². The van der Waals surface area contributed by atoms with Crippen LogP contribution in [0.25, 0.3) is 16.8 Å². The molecule has 0 saturated carbocycles. The van der Waals surface area contributed by atoms with Gasteiger partial charge in [0.25, 0.3) is 17.8 Å². The van der Waals surface area contributed by atoms with Crippen LogP contribution in [0.3, 0.4) is 0 Å². The molecular formula is C21H16F4N6O2. The van der Waals surface area contributed by atoms with E-state index in [1.807, 2.05) is 0 Å². The summed E-state index contributed by atoms with van der Waals surface area (Å²) in [5, 5.41) is 10.4. The molecule has 0 spiro atoms. The highest BCUT2D eigenvalue weighted by Crippen LogP contribution is 2.36. The molecule has 1 fully saturated rings. The van der Waals surface area contributed by atoms with Crippen LogP contribution in [0.4, 0.5) is 23.6 Å². The van der Waals surface area contributed by atoms with Gasteiger partial charge in [0.15, 0.2) is 17.2 Å². The highest BCUT2D eigenvalue weighted by atomic mass is 19.3. The second-order valence-electron chi connectivity index (χ2n) is 7.47. The van der Waals surface area contributed by atoms with Crippen molar-refractivity contribution in [1.29, 1.82) is 0 Å². The van der Waals surface area contributed by atoms with Gasteiger partial charge in [-0.15, -0.1) is 0 Å². The van der Waals surface area contributed by atoms with Crippen LogP contribution >= 0.6 is 0 Å². The van der Waals surface area contributed by atoms with Gasteiger partial charge in [-0.25, -0.2) is 17.6 Å². The number of likely N-dealkylation sites (tertiary alicyclic amines) is 1. The van der Waals surface area contributed by atoms with Crippen molar-refractivity contribution >= 4 is 23.0 Å². The number of amides is 1. The number of hydrogen-bond donors (Lipinski definition) is 1. The Bertz CT molecular complexity index is 1290. The van der Waals surface area contributed by atoms with E-state index in [0.29, 0.717) is 11.1 Å². The number of fused-ring (bicyclic) bond motifs is 1. The Balaban J connectivity index is 1.45. The van der Waals surface area contributed by atoms with Crippen LogP contribution in [0.2, 0.25) is 0 Å². The number of para-hydroxylation sites is 2. The lowest BCUT2D eigenvalue weighted by Crippen LogP contribution is -2.47. The van der Waals surface area contributed by atoms with Crippen LogP contribution in [0.15, 0.2) is 53.2 Å². The van der Waals surface area contributed by atoms with Gasteiger partial charge < -0.3 is 14.6 Å². The van der Waals surface area contributed by atoms with Gasteiger partial charge >= 0.3 is 0 Å². The van der Waals surface area contributed by atoms with Crippen LogP contribution in [0, 0.1) is 11.6 Å². The summed E-state index contributed by atoms with van der Waals surface area (Å²) < 4.78 is 63.6. The van der Waals surface area contributed by atoms with Gasteiger partial charge in [-0.05, 0) is 24.3 Å². The monoisotopic (exact) mass is 460 g/mol. The van der Waals surface area contributed by atoms with Crippen molar-refractivity contribution in [2.24, 2.45) is 0 Å². The summed E-state index contributed by atoms with van der Waals surface area (Å²) in [5.74, 6) is -7.12. The average Bonchev–Trinajstić information content (AvgIpc) is 3.52. The molecule has 2 aromatic carbocycles. The van der Waals surface area contributed by atoms with Gasteiger partial charge in [0.2, 0.25) is 0 Å². The van der Waals surface area contributed by atoms with Gasteiger partial charge in [0, 0.05) is 19.5 Å². The minimum Gasteiger partial charge on any atom is -0.424 e. The van der Waals surface area contributed by atoms with Gasteiger partial charge in [0.1, 0.15) is 22.8 Å². The van der Waals surface area contributed by atoms with Crippen molar-refractivity contribution in [1.82, 2.24) is 24.9 Å². The lowest BCUT2D eigenvalue weighted by Gasteiger charge is -2.28. The van der Waals surface area contributed by atoms with Crippen molar-refractivity contribution in [3.8, 4) is 5.69 Å². The van der Waals surface area contributed by atoms with Crippen LogP contribution in [-0.4, -0.2) is 55.8 Å². The number of aromatic nitrogens is 4. The molecule has 0 radical (unpaired) electrons. The van der Waals surface area contributed by atoms with Crippen molar-refractivity contribution in [2.45, 2.75) is 18.4 Å². The second-order valence-corrected chi connectivity index (χ2v) is 7.47. The predicted molar refractivity (Wildman–Crippen MR) is 108 cm³/mol. The van der Waals surface area contributed by atoms with Gasteiger partial charge in [-0.2, -0.15) is 20.0 Å². The molecule has 2 aromatic heterocycles. The van der Waals surface area contributed by atoms with Crippen LogP contribution in [0.1, 0.15) is 16.8 Å². The molecule has 33 heavy (non-hydrogen) atoms. The largest absolute Gasteiger partial charge is 0.424 e. The summed E-state index contributed by atoms with van der Waals surface area (Å²) in [5.41, 5.74) is 0.106. The Morgan fingerprint density at radius 3 is 2.67 bits per heavy atom. The molecule has 0 bridgehead atoms. The van der Waals surface area contributed by atoms with E-state index in [0.717, 1.165) is 21.8 Å². The van der Waals surface area contributed by atoms with E-state index in [-0.39, 0.29) is 18.2 Å². The summed E-state index contributed by atoms with van der Waals surface area (Å²) in [6.07, 6.45) is 1.93. The summed E-state index contributed by atoms with van der Waals surface area (Å²) >= 11 is 0. The van der Waals surface area contributed by atoms with E-state index in [9.17, 15) is 22.4 Å². The molecule has 0 aliphatic carbocycles. The van der Waals surface area contributed by atoms with E-state index < -0.39 is 48.0 Å². The normalized spacial score (nSPS) is 17.6. The third-order valence-electron chi connectivity index (χ3n) is 5.47. The van der Waals surface area contributed by atoms with Crippen LogP contribution < -0.4 is 5.32 Å². The molecule has 170 valence electrons. The summed E-state index contributed by atoms with van der Waals surface area (Å²) in [6, 6.07) is 7.14. The van der Waals surface area contributed by atoms with Crippen LogP contribution in [0.5, 0.6) is 0 Å². The van der Waals surface area contributed by atoms with Gasteiger partial charge in [0.05, 0.1) is 12.4 Å². The number of rotatable bonds is 5. The minimum absolute atomic E-state index is 0.00432. The minimum atomic E-state index is -3.28. The number of oxazole rings is 1. The number of carbonyl (C=O) groups excluding carboxylic acids is 1. The van der Waals surface area contributed by atoms with E-state index in [1.54, 1.807) is 24.3 Å². The van der Waals surface area contributed by atoms with E-state index in [2.05, 4.69) is 20.5 Å². The number of carbonyl (C=O) groups is 1. The summed E-state index contributed by atoms with van der Waals surface area (Å²) in [7, 11) is 0. The smallest absolute Gasteiger partial charge is 0.295 e. The second kappa shape index (κ2) is 7.87. The number of anilines is 1. The SMILES string of the molecule is O=C(c1c(-n2nccn2)ccc(F)c1F)N1CCC(F)(F)[C@H]1CNc1nc2ccccc2o1. The first-order valence-corrected chi connectivity index (χ1v) is 9.98. The highest BCUT2D eigenvalue weighted by Gasteiger charge is 2.51. The predicted octanol–water partition coefficient (Wildman–Crippen LogP) is 3.65.